The molecule has 0 bridgehead atoms. The van der Waals surface area contributed by atoms with Crippen molar-refractivity contribution in [2.45, 2.75) is 26.3 Å². The molecule has 7 heteroatoms. The first kappa shape index (κ1) is 18.3. The molecule has 1 spiro atoms. The van der Waals surface area contributed by atoms with Crippen LogP contribution in [0.25, 0.3) is 0 Å². The van der Waals surface area contributed by atoms with Crippen LogP contribution in [0.2, 0.25) is 0 Å². The molecule has 1 atom stereocenters. The van der Waals surface area contributed by atoms with Gasteiger partial charge in [-0.2, -0.15) is 0 Å². The van der Waals surface area contributed by atoms with Crippen molar-refractivity contribution in [1.29, 1.82) is 0 Å². The molecule has 4 rings (SSSR count). The van der Waals surface area contributed by atoms with E-state index in [1.54, 1.807) is 22.3 Å². The maximum Gasteiger partial charge on any atom is 0.289 e. The maximum absolute atomic E-state index is 13.0. The molecular weight excluding hydrogens is 364 g/mol. The van der Waals surface area contributed by atoms with Crippen LogP contribution < -0.4 is 5.32 Å². The Morgan fingerprint density at radius 3 is 2.81 bits per heavy atom. The number of amides is 2. The van der Waals surface area contributed by atoms with Gasteiger partial charge in [0.05, 0.1) is 18.7 Å². The first-order valence-corrected chi connectivity index (χ1v) is 10.2. The Morgan fingerprint density at radius 1 is 1.33 bits per heavy atom. The molecule has 144 valence electrons. The number of likely N-dealkylation sites (tertiary alicyclic amines) is 1. The molecule has 0 aromatic carbocycles. The number of aryl methyl sites for hydroxylation is 1. The van der Waals surface area contributed by atoms with Crippen LogP contribution in [0.4, 0.5) is 0 Å². The highest BCUT2D eigenvalue weighted by molar-refractivity contribution is 7.09. The molecule has 0 radical (unpaired) electrons. The zero-order valence-electron chi connectivity index (χ0n) is 15.4. The largest absolute Gasteiger partial charge is 0.459 e. The predicted molar refractivity (Wildman–Crippen MR) is 101 cm³/mol. The summed E-state index contributed by atoms with van der Waals surface area (Å²) >= 11 is 1.63. The van der Waals surface area contributed by atoms with E-state index in [9.17, 15) is 9.59 Å². The predicted octanol–water partition coefficient (Wildman–Crippen LogP) is 2.83. The highest BCUT2D eigenvalue weighted by Gasteiger charge is 2.52. The lowest BCUT2D eigenvalue weighted by Gasteiger charge is -2.37. The van der Waals surface area contributed by atoms with Gasteiger partial charge in [-0.3, -0.25) is 9.59 Å². The summed E-state index contributed by atoms with van der Waals surface area (Å²) in [6.07, 6.45) is 3.13. The van der Waals surface area contributed by atoms with Gasteiger partial charge in [-0.05, 0) is 37.3 Å². The van der Waals surface area contributed by atoms with Crippen molar-refractivity contribution in [3.05, 3.63) is 46.0 Å². The number of carbonyl (C=O) groups excluding carboxylic acids is 2. The smallest absolute Gasteiger partial charge is 0.289 e. The zero-order chi connectivity index (χ0) is 18.9. The van der Waals surface area contributed by atoms with Crippen molar-refractivity contribution in [2.75, 3.05) is 26.3 Å². The summed E-state index contributed by atoms with van der Waals surface area (Å²) in [4.78, 5) is 28.9. The molecule has 0 saturated carbocycles. The number of rotatable bonds is 4. The molecule has 1 unspecified atom stereocenters. The Balaban J connectivity index is 1.52. The summed E-state index contributed by atoms with van der Waals surface area (Å²) in [5, 5.41) is 5.08. The summed E-state index contributed by atoms with van der Waals surface area (Å²) in [6, 6.07) is 5.78. The van der Waals surface area contributed by atoms with Gasteiger partial charge in [0.15, 0.2) is 5.76 Å². The number of furan rings is 1. The van der Waals surface area contributed by atoms with Gasteiger partial charge >= 0.3 is 0 Å². The monoisotopic (exact) mass is 388 g/mol. The highest BCUT2D eigenvalue weighted by atomic mass is 32.1. The molecule has 1 N–H and O–H groups in total. The van der Waals surface area contributed by atoms with Crippen LogP contribution >= 0.6 is 11.3 Å². The van der Waals surface area contributed by atoms with Crippen LogP contribution in [0.1, 0.15) is 33.8 Å². The molecule has 2 amide bonds. The molecule has 27 heavy (non-hydrogen) atoms. The van der Waals surface area contributed by atoms with Gasteiger partial charge in [-0.15, -0.1) is 11.3 Å². The molecule has 2 aliphatic heterocycles. The number of hydrogen-bond acceptors (Lipinski definition) is 5. The molecule has 6 nitrogen and oxygen atoms in total. The minimum absolute atomic E-state index is 0.0248. The third kappa shape index (κ3) is 3.53. The molecule has 2 aromatic rings. The third-order valence-electron chi connectivity index (χ3n) is 5.81. The van der Waals surface area contributed by atoms with Gasteiger partial charge in [0, 0.05) is 42.2 Å². The van der Waals surface area contributed by atoms with E-state index in [2.05, 4.69) is 5.32 Å². The van der Waals surface area contributed by atoms with E-state index >= 15 is 0 Å². The van der Waals surface area contributed by atoms with Gasteiger partial charge in [0.25, 0.3) is 5.91 Å². The summed E-state index contributed by atoms with van der Waals surface area (Å²) in [7, 11) is 0. The van der Waals surface area contributed by atoms with Crippen LogP contribution in [0, 0.1) is 18.3 Å². The van der Waals surface area contributed by atoms with Gasteiger partial charge in [-0.25, -0.2) is 0 Å². The van der Waals surface area contributed by atoms with E-state index in [-0.39, 0.29) is 23.1 Å². The standard InChI is InChI=1S/C20H24N2O4S/c1-14-4-7-26-17(14)19(24)22-12-16(20(13-22)5-8-25-9-6-20)18(23)21-11-15-3-2-10-27-15/h2-4,7,10,16H,5-6,8-9,11-13H2,1H3,(H,21,23). The average molecular weight is 388 g/mol. The number of nitrogens with one attached hydrogen (secondary N) is 1. The van der Waals surface area contributed by atoms with E-state index in [0.29, 0.717) is 38.6 Å². The fourth-order valence-electron chi connectivity index (χ4n) is 4.22. The fourth-order valence-corrected chi connectivity index (χ4v) is 4.86. The quantitative estimate of drug-likeness (QED) is 0.874. The van der Waals surface area contributed by atoms with Crippen LogP contribution in [0.5, 0.6) is 0 Å². The van der Waals surface area contributed by atoms with Gasteiger partial charge < -0.3 is 19.4 Å². The van der Waals surface area contributed by atoms with Crippen molar-refractivity contribution in [3.8, 4) is 0 Å². The summed E-state index contributed by atoms with van der Waals surface area (Å²) in [5.41, 5.74) is 0.611. The Hall–Kier alpha value is -2.12. The fraction of sp³-hybridized carbons (Fsp3) is 0.500. The Labute approximate surface area is 162 Å². The topological polar surface area (TPSA) is 71.8 Å². The number of nitrogens with zero attached hydrogens (tertiary/aromatic N) is 1. The summed E-state index contributed by atoms with van der Waals surface area (Å²) < 4.78 is 10.9. The number of thiophene rings is 1. The van der Waals surface area contributed by atoms with Gasteiger partial charge in [0.1, 0.15) is 0 Å². The van der Waals surface area contributed by atoms with E-state index in [0.717, 1.165) is 23.3 Å². The minimum Gasteiger partial charge on any atom is -0.459 e. The van der Waals surface area contributed by atoms with Crippen LogP contribution in [0.15, 0.2) is 34.3 Å². The molecule has 2 fully saturated rings. The van der Waals surface area contributed by atoms with Crippen molar-refractivity contribution < 1.29 is 18.7 Å². The average Bonchev–Trinajstić information content (AvgIpc) is 3.41. The third-order valence-corrected chi connectivity index (χ3v) is 6.69. The van der Waals surface area contributed by atoms with Crippen LogP contribution in [-0.4, -0.2) is 43.0 Å². The molecule has 2 saturated heterocycles. The van der Waals surface area contributed by atoms with E-state index in [1.807, 2.05) is 24.4 Å². The van der Waals surface area contributed by atoms with E-state index < -0.39 is 0 Å². The second-order valence-electron chi connectivity index (χ2n) is 7.44. The second-order valence-corrected chi connectivity index (χ2v) is 8.48. The minimum atomic E-state index is -0.222. The number of ether oxygens (including phenoxy) is 1. The zero-order valence-corrected chi connectivity index (χ0v) is 16.2. The molecule has 4 heterocycles. The van der Waals surface area contributed by atoms with Crippen LogP contribution in [0.3, 0.4) is 0 Å². The SMILES string of the molecule is Cc1ccoc1C(=O)N1CC(C(=O)NCc2cccs2)C2(CCOCC2)C1. The van der Waals surface area contributed by atoms with E-state index in [1.165, 1.54) is 6.26 Å². The highest BCUT2D eigenvalue weighted by Crippen LogP contribution is 2.45. The summed E-state index contributed by atoms with van der Waals surface area (Å²) in [5.74, 6) is 0.0473. The summed E-state index contributed by atoms with van der Waals surface area (Å²) in [6.45, 7) is 4.67. The normalized spacial score (nSPS) is 21.5. The van der Waals surface area contributed by atoms with Gasteiger partial charge in [-0.1, -0.05) is 6.07 Å². The molecular formula is C20H24N2O4S. The lowest BCUT2D eigenvalue weighted by Crippen LogP contribution is -2.44. The van der Waals surface area contributed by atoms with Crippen molar-refractivity contribution in [3.63, 3.8) is 0 Å². The lowest BCUT2D eigenvalue weighted by atomic mass is 9.72. The van der Waals surface area contributed by atoms with Gasteiger partial charge in [0.2, 0.25) is 5.91 Å². The van der Waals surface area contributed by atoms with Crippen LogP contribution in [-0.2, 0) is 16.1 Å². The lowest BCUT2D eigenvalue weighted by molar-refractivity contribution is -0.130. The second kappa shape index (κ2) is 7.48. The van der Waals surface area contributed by atoms with Crippen molar-refractivity contribution in [2.24, 2.45) is 11.3 Å². The Kier molecular flexibility index (Phi) is 5.06. The first-order chi connectivity index (χ1) is 13.1. The molecule has 2 aliphatic rings. The molecule has 2 aromatic heterocycles. The van der Waals surface area contributed by atoms with E-state index in [4.69, 9.17) is 9.15 Å². The Bertz CT molecular complexity index is 808. The maximum atomic E-state index is 13.0. The van der Waals surface area contributed by atoms with Crippen molar-refractivity contribution in [1.82, 2.24) is 10.2 Å². The number of hydrogen-bond donors (Lipinski definition) is 1. The van der Waals surface area contributed by atoms with Crippen molar-refractivity contribution >= 4 is 23.2 Å². The Morgan fingerprint density at radius 2 is 2.15 bits per heavy atom. The molecule has 0 aliphatic carbocycles. The number of carbonyl (C=O) groups is 2. The first-order valence-electron chi connectivity index (χ1n) is 9.30.